The van der Waals surface area contributed by atoms with Crippen molar-refractivity contribution in [1.82, 2.24) is 21.3 Å². The van der Waals surface area contributed by atoms with Crippen molar-refractivity contribution in [2.45, 2.75) is 64.2 Å². The monoisotopic (exact) mass is 1010 g/mol. The van der Waals surface area contributed by atoms with Crippen LogP contribution in [0.25, 0.3) is 0 Å². The van der Waals surface area contributed by atoms with E-state index in [-0.39, 0.29) is 58.3 Å². The van der Waals surface area contributed by atoms with Gasteiger partial charge in [-0.1, -0.05) is 157 Å². The van der Waals surface area contributed by atoms with E-state index >= 15 is 0 Å². The third-order valence-corrected chi connectivity index (χ3v) is 10.2. The summed E-state index contributed by atoms with van der Waals surface area (Å²) < 4.78 is 67.9. The molecule has 0 saturated carbocycles. The number of halogens is 2. The summed E-state index contributed by atoms with van der Waals surface area (Å²) in [5.41, 5.74) is 10.1. The Morgan fingerprint density at radius 3 is 0.719 bits per heavy atom. The first kappa shape index (κ1) is 54.4. The molecule has 0 spiro atoms. The summed E-state index contributed by atoms with van der Waals surface area (Å²) >= 11 is 0. The zero-order valence-corrected chi connectivity index (χ0v) is 37.9. The normalized spacial score (nSPS) is 18.2. The molecule has 0 radical (unpaired) electrons. The van der Waals surface area contributed by atoms with Crippen molar-refractivity contribution >= 4 is 0 Å². The van der Waals surface area contributed by atoms with Crippen molar-refractivity contribution in [2.75, 3.05) is 0 Å². The van der Waals surface area contributed by atoms with E-state index in [1.807, 2.05) is 24.3 Å². The smallest absolute Gasteiger partial charge is 0.507 e. The molecule has 348 valence electrons. The number of hydrogen-bond donors (Lipinski definition) is 6. The van der Waals surface area contributed by atoms with Gasteiger partial charge in [0.2, 0.25) is 0 Å². The molecule has 0 amide bonds. The Morgan fingerprint density at radius 2 is 0.547 bits per heavy atom. The van der Waals surface area contributed by atoms with E-state index in [9.17, 15) is 10.2 Å². The fourth-order valence-electron chi connectivity index (χ4n) is 7.64. The zero-order chi connectivity index (χ0) is 44.9. The van der Waals surface area contributed by atoms with E-state index in [0.717, 1.165) is 55.6 Å². The number of hydrogen-bond acceptors (Lipinski definition) is 14. The SMILES string of the molecule is Cc1cc2c(O)c(c1)CN[C@H](c1ccccc1)[C@@H](c1ccccc1)NCc1cc(C)cc(c1O)CN[C@H](c1ccccc1)[C@@H](c1ccccc1)NC2.[Cu+].[Cu+].[O-][Cl+3]([O-])([O-])[O-].[O-][Cl+3]([O-])([O-])[O-]. The van der Waals surface area contributed by atoms with E-state index in [1.54, 1.807) is 0 Å². The molecule has 4 atom stereocenters. The Hall–Kier alpha value is -3.94. The van der Waals surface area contributed by atoms with Gasteiger partial charge in [-0.25, -0.2) is 37.3 Å². The number of benzene rings is 6. The van der Waals surface area contributed by atoms with Crippen molar-refractivity contribution in [1.29, 1.82) is 0 Å². The van der Waals surface area contributed by atoms with Gasteiger partial charge >= 0.3 is 34.1 Å². The van der Waals surface area contributed by atoms with Gasteiger partial charge in [-0.2, -0.15) is 0 Å². The molecule has 6 aromatic carbocycles. The Bertz CT molecular complexity index is 1980. The van der Waals surface area contributed by atoms with E-state index < -0.39 is 20.5 Å². The van der Waals surface area contributed by atoms with Crippen LogP contribution >= 0.6 is 0 Å². The Balaban J connectivity index is 0.000000820. The average Bonchev–Trinajstić information content (AvgIpc) is 3.22. The van der Waals surface area contributed by atoms with Crippen molar-refractivity contribution in [2.24, 2.45) is 0 Å². The van der Waals surface area contributed by atoms with Crippen LogP contribution in [0.5, 0.6) is 11.5 Å². The fraction of sp³-hybridized carbons (Fsp3) is 0.217. The largest absolute Gasteiger partial charge is 1.00 e. The van der Waals surface area contributed by atoms with Gasteiger partial charge in [-0.15, -0.1) is 20.5 Å². The summed E-state index contributed by atoms with van der Waals surface area (Å²) in [5.74, 6) is 0.600. The molecule has 1 aliphatic heterocycles. The zero-order valence-electron chi connectivity index (χ0n) is 34.5. The second-order valence-electron chi connectivity index (χ2n) is 14.7. The number of aromatic hydroxyl groups is 2. The molecule has 64 heavy (non-hydrogen) atoms. The third-order valence-electron chi connectivity index (χ3n) is 10.2. The van der Waals surface area contributed by atoms with E-state index in [2.05, 4.69) is 156 Å². The van der Waals surface area contributed by atoms with Gasteiger partial charge in [0.15, 0.2) is 0 Å². The quantitative estimate of drug-likeness (QED) is 0.119. The molecule has 7 rings (SSSR count). The van der Waals surface area contributed by atoms with Gasteiger partial charge in [-0.05, 0) is 36.1 Å². The first-order valence-corrected chi connectivity index (χ1v) is 21.9. The van der Waals surface area contributed by atoms with Crippen molar-refractivity contribution < 1.29 is 102 Å². The molecule has 0 aromatic heterocycles. The number of fused-ring (bicyclic) bond motifs is 4. The average molecular weight is 1010 g/mol. The molecule has 0 fully saturated rings. The molecule has 1 aliphatic rings. The first-order valence-electron chi connectivity index (χ1n) is 19.4. The van der Waals surface area contributed by atoms with Crippen LogP contribution < -0.4 is 58.5 Å². The summed E-state index contributed by atoms with van der Waals surface area (Å²) in [5, 5.41) is 39.1. The van der Waals surface area contributed by atoms with Crippen molar-refractivity contribution in [3.8, 4) is 11.5 Å². The van der Waals surface area contributed by atoms with Crippen LogP contribution in [0, 0.1) is 34.3 Å². The molecular weight excluding hydrogens is 967 g/mol. The predicted octanol–water partition coefficient (Wildman–Crippen LogP) is -0.765. The summed E-state index contributed by atoms with van der Waals surface area (Å²) in [6.07, 6.45) is 0. The number of nitrogens with one attached hydrogen (secondary N) is 4. The van der Waals surface area contributed by atoms with E-state index in [1.165, 1.54) is 0 Å². The molecule has 1 heterocycles. The van der Waals surface area contributed by atoms with Crippen LogP contribution in [0.3, 0.4) is 0 Å². The fourth-order valence-corrected chi connectivity index (χ4v) is 7.64. The maximum absolute atomic E-state index is 11.8. The third kappa shape index (κ3) is 17.5. The number of aryl methyl sites for hydroxylation is 2. The maximum atomic E-state index is 11.8. The molecule has 0 unspecified atom stereocenters. The first-order chi connectivity index (χ1) is 29.4. The summed E-state index contributed by atoms with van der Waals surface area (Å²) in [7, 11) is -9.89. The van der Waals surface area contributed by atoms with Crippen LogP contribution in [-0.4, -0.2) is 10.2 Å². The molecule has 6 N–H and O–H groups in total. The van der Waals surface area contributed by atoms with Gasteiger partial charge in [-0.3, -0.25) is 0 Å². The molecule has 14 nitrogen and oxygen atoms in total. The molecule has 18 heteroatoms. The minimum absolute atomic E-state index is 0. The standard InChI is InChI=1S/C46H48N4O2.2ClHO4.2Cu/c1-31-23-37-27-47-41(33-15-7-3-8-16-33)43(35-19-11-5-12-20-35)49-29-39-25-32(2)26-40(46(39)52)30-50-44(36-21-13-6-14-22-36)42(34-17-9-4-10-18-34)48-28-38(24-31)45(37)51;2*2-1(3,4)5;;/h3-26,41-44,47-52H,27-30H2,1-2H3;2*(H,2,3,4,5);;/q;;;2*+1/p-2/t41-,42-,43-,44-;;;;/m1..../s1. The molecule has 6 aromatic rings. The minimum Gasteiger partial charge on any atom is -0.507 e. The predicted molar refractivity (Wildman–Crippen MR) is 210 cm³/mol. The van der Waals surface area contributed by atoms with Gasteiger partial charge in [0.05, 0.1) is 24.2 Å². The van der Waals surface area contributed by atoms with Crippen LogP contribution in [0.15, 0.2) is 146 Å². The molecular formula is C46H48Cl2Cu2N4O10. The van der Waals surface area contributed by atoms with Crippen molar-refractivity contribution in [3.63, 3.8) is 0 Å². The molecule has 4 bridgehead atoms. The number of phenols is 2. The van der Waals surface area contributed by atoms with Crippen LogP contribution in [0.1, 0.15) is 79.8 Å². The van der Waals surface area contributed by atoms with Gasteiger partial charge in [0.25, 0.3) is 0 Å². The second-order valence-corrected chi connectivity index (χ2v) is 16.2. The van der Waals surface area contributed by atoms with Crippen LogP contribution in [0.2, 0.25) is 0 Å². The number of rotatable bonds is 4. The second kappa shape index (κ2) is 25.7. The maximum Gasteiger partial charge on any atom is 1.00 e. The Kier molecular flexibility index (Phi) is 21.8. The van der Waals surface area contributed by atoms with E-state index in [0.29, 0.717) is 37.7 Å². The summed E-state index contributed by atoms with van der Waals surface area (Å²) in [6, 6.07) is 49.5. The topological polar surface area (TPSA) is 273 Å². The van der Waals surface area contributed by atoms with Crippen LogP contribution in [-0.2, 0) is 60.3 Å². The van der Waals surface area contributed by atoms with Crippen molar-refractivity contribution in [3.05, 3.63) is 201 Å². The van der Waals surface area contributed by atoms with Gasteiger partial charge < -0.3 is 31.5 Å². The Morgan fingerprint density at radius 1 is 0.375 bits per heavy atom. The summed E-state index contributed by atoms with van der Waals surface area (Å²) in [4.78, 5) is 0. The van der Waals surface area contributed by atoms with Gasteiger partial charge in [0, 0.05) is 48.4 Å². The Labute approximate surface area is 398 Å². The number of phenolic OH excluding ortho intramolecular Hbond substituents is 2. The van der Waals surface area contributed by atoms with Crippen LogP contribution in [0.4, 0.5) is 0 Å². The van der Waals surface area contributed by atoms with E-state index in [4.69, 9.17) is 37.3 Å². The molecule has 0 aliphatic carbocycles. The molecule has 0 saturated heterocycles. The summed E-state index contributed by atoms with van der Waals surface area (Å²) in [6.45, 7) is 6.02. The minimum atomic E-state index is -4.94. The van der Waals surface area contributed by atoms with Gasteiger partial charge in [0.1, 0.15) is 11.5 Å².